The molecule has 1 N–H and O–H groups in total. The van der Waals surface area contributed by atoms with E-state index >= 15 is 0 Å². The van der Waals surface area contributed by atoms with Gasteiger partial charge in [-0.1, -0.05) is 71.7 Å². The molecule has 2 saturated heterocycles. The third-order valence-corrected chi connectivity index (χ3v) is 14.8. The molecule has 2 aliphatic heterocycles. The van der Waals surface area contributed by atoms with E-state index in [4.69, 9.17) is 12.2 Å². The van der Waals surface area contributed by atoms with E-state index in [0.717, 1.165) is 12.2 Å². The van der Waals surface area contributed by atoms with Crippen LogP contribution in [0.2, 0.25) is 23.7 Å². The van der Waals surface area contributed by atoms with Gasteiger partial charge >= 0.3 is 0 Å². The second-order valence-corrected chi connectivity index (χ2v) is 16.5. The molecule has 2 heterocycles. The lowest BCUT2D eigenvalue weighted by Gasteiger charge is -2.50. The smallest absolute Gasteiger partial charge is 0.230 e. The zero-order chi connectivity index (χ0) is 19.2. The highest BCUT2D eigenvalue weighted by atomic mass is 32.2. The van der Waals surface area contributed by atoms with Gasteiger partial charge in [-0.3, -0.25) is 14.5 Å². The average Bonchev–Trinajstić information content (AvgIpc) is 2.86. The van der Waals surface area contributed by atoms with Gasteiger partial charge in [0.05, 0.1) is 14.0 Å². The van der Waals surface area contributed by atoms with Gasteiger partial charge in [-0.25, -0.2) is 0 Å². The van der Waals surface area contributed by atoms with Crippen LogP contribution in [0, 0.1) is 5.92 Å². The summed E-state index contributed by atoms with van der Waals surface area (Å²) >= 11 is 6.96. The fourth-order valence-electron chi connectivity index (χ4n) is 3.69. The zero-order valence-corrected chi connectivity index (χ0v) is 19.1. The van der Waals surface area contributed by atoms with Crippen LogP contribution in [0.5, 0.6) is 0 Å². The number of amides is 2. The van der Waals surface area contributed by atoms with Gasteiger partial charge in [0.15, 0.2) is 0 Å². The standard InChI is InChI=1S/C18H32N2O2S2Si/c1-8-12-10-24-17(23)20(12)14(21)9-13-15(16(22)19-13)11(2)25(6,7)18(3,4)5/h11-13,15H,8-10H2,1-7H3,(H,19,22)/t11-,12+,13-,15+/m1/s1. The summed E-state index contributed by atoms with van der Waals surface area (Å²) in [4.78, 5) is 26.9. The number of hydrogen-bond acceptors (Lipinski definition) is 4. The number of thiocarbonyl (C=S) groups is 1. The molecule has 2 aliphatic rings. The maximum absolute atomic E-state index is 12.8. The van der Waals surface area contributed by atoms with Crippen molar-refractivity contribution in [3.63, 3.8) is 0 Å². The Morgan fingerprint density at radius 2 is 2.04 bits per heavy atom. The van der Waals surface area contributed by atoms with Crippen LogP contribution >= 0.6 is 24.0 Å². The van der Waals surface area contributed by atoms with E-state index in [1.54, 1.807) is 16.7 Å². The molecule has 2 amide bonds. The Kier molecular flexibility index (Phi) is 6.11. The number of carbonyl (C=O) groups is 2. The van der Waals surface area contributed by atoms with E-state index in [9.17, 15) is 9.59 Å². The van der Waals surface area contributed by atoms with E-state index in [2.05, 4.69) is 53.0 Å². The molecule has 4 nitrogen and oxygen atoms in total. The fraction of sp³-hybridized carbons (Fsp3) is 0.833. The number of nitrogens with zero attached hydrogens (tertiary/aromatic N) is 1. The van der Waals surface area contributed by atoms with E-state index in [1.807, 2.05) is 0 Å². The van der Waals surface area contributed by atoms with Gasteiger partial charge in [0.25, 0.3) is 0 Å². The Morgan fingerprint density at radius 3 is 2.52 bits per heavy atom. The minimum absolute atomic E-state index is 0.0463. The van der Waals surface area contributed by atoms with Crippen molar-refractivity contribution in [2.24, 2.45) is 5.92 Å². The largest absolute Gasteiger partial charge is 0.352 e. The maximum atomic E-state index is 12.8. The van der Waals surface area contributed by atoms with Gasteiger partial charge in [0.1, 0.15) is 4.32 Å². The van der Waals surface area contributed by atoms with E-state index < -0.39 is 8.07 Å². The lowest BCUT2D eigenvalue weighted by atomic mass is 9.85. The monoisotopic (exact) mass is 400 g/mol. The van der Waals surface area contributed by atoms with Crippen LogP contribution in [0.1, 0.15) is 47.5 Å². The first-order valence-electron chi connectivity index (χ1n) is 9.21. The number of nitrogens with one attached hydrogen (secondary N) is 1. The van der Waals surface area contributed by atoms with Gasteiger partial charge in [-0.2, -0.15) is 0 Å². The van der Waals surface area contributed by atoms with Crippen molar-refractivity contribution in [3.8, 4) is 0 Å². The van der Waals surface area contributed by atoms with Crippen LogP contribution in [0.25, 0.3) is 0 Å². The second kappa shape index (κ2) is 7.31. The molecule has 0 radical (unpaired) electrons. The predicted octanol–water partition coefficient (Wildman–Crippen LogP) is 4.03. The lowest BCUT2D eigenvalue weighted by Crippen LogP contribution is -2.64. The molecule has 2 fully saturated rings. The van der Waals surface area contributed by atoms with Crippen molar-refractivity contribution in [2.75, 3.05) is 5.75 Å². The minimum Gasteiger partial charge on any atom is -0.352 e. The molecule has 4 atom stereocenters. The van der Waals surface area contributed by atoms with E-state index in [1.165, 1.54) is 0 Å². The molecule has 0 bridgehead atoms. The third-order valence-electron chi connectivity index (χ3n) is 6.77. The summed E-state index contributed by atoms with van der Waals surface area (Å²) in [6.45, 7) is 15.9. The van der Waals surface area contributed by atoms with Crippen molar-refractivity contribution in [1.82, 2.24) is 10.2 Å². The van der Waals surface area contributed by atoms with Crippen LogP contribution in [-0.4, -0.2) is 46.9 Å². The summed E-state index contributed by atoms with van der Waals surface area (Å²) < 4.78 is 0.691. The minimum atomic E-state index is -1.66. The van der Waals surface area contributed by atoms with E-state index in [0.29, 0.717) is 16.3 Å². The van der Waals surface area contributed by atoms with Crippen molar-refractivity contribution in [1.29, 1.82) is 0 Å². The van der Waals surface area contributed by atoms with Crippen molar-refractivity contribution >= 4 is 48.2 Å². The number of β-lactam (4-membered cyclic amide) rings is 1. The quantitative estimate of drug-likeness (QED) is 0.430. The van der Waals surface area contributed by atoms with Gasteiger partial charge < -0.3 is 5.32 Å². The topological polar surface area (TPSA) is 49.4 Å². The zero-order valence-electron chi connectivity index (χ0n) is 16.5. The van der Waals surface area contributed by atoms with Gasteiger partial charge in [-0.15, -0.1) is 0 Å². The third kappa shape index (κ3) is 3.83. The van der Waals surface area contributed by atoms with Crippen LogP contribution in [0.15, 0.2) is 0 Å². The molecule has 142 valence electrons. The first kappa shape index (κ1) is 20.9. The molecular weight excluding hydrogens is 368 g/mol. The summed E-state index contributed by atoms with van der Waals surface area (Å²) in [6.07, 6.45) is 1.28. The molecule has 0 unspecified atom stereocenters. The second-order valence-electron chi connectivity index (χ2n) is 9.01. The Morgan fingerprint density at radius 1 is 1.44 bits per heavy atom. The summed E-state index contributed by atoms with van der Waals surface area (Å²) in [5.74, 6) is 1.02. The predicted molar refractivity (Wildman–Crippen MR) is 113 cm³/mol. The molecule has 2 rings (SSSR count). The first-order valence-corrected chi connectivity index (χ1v) is 13.7. The Labute approximate surface area is 162 Å². The highest BCUT2D eigenvalue weighted by Crippen LogP contribution is 2.49. The summed E-state index contributed by atoms with van der Waals surface area (Å²) in [7, 11) is -1.66. The van der Waals surface area contributed by atoms with Crippen LogP contribution in [0.4, 0.5) is 0 Å². The van der Waals surface area contributed by atoms with E-state index in [-0.39, 0.29) is 34.9 Å². The normalized spacial score (nSPS) is 28.6. The van der Waals surface area contributed by atoms with Crippen molar-refractivity contribution in [3.05, 3.63) is 0 Å². The molecule has 7 heteroatoms. The van der Waals surface area contributed by atoms with Gasteiger partial charge in [-0.05, 0) is 17.0 Å². The summed E-state index contributed by atoms with van der Waals surface area (Å²) in [5.41, 5.74) is 0.334. The first-order chi connectivity index (χ1) is 11.4. The number of carbonyl (C=O) groups excluding carboxylic acids is 2. The van der Waals surface area contributed by atoms with Crippen molar-refractivity contribution in [2.45, 2.75) is 83.2 Å². The van der Waals surface area contributed by atoms with Crippen LogP contribution in [0.3, 0.4) is 0 Å². The molecule has 0 aliphatic carbocycles. The highest BCUT2D eigenvalue weighted by Gasteiger charge is 2.52. The fourth-order valence-corrected chi connectivity index (χ4v) is 7.91. The summed E-state index contributed by atoms with van der Waals surface area (Å²) in [6, 6.07) is 0.159. The number of hydrogen-bond donors (Lipinski definition) is 1. The molecule has 0 aromatic rings. The van der Waals surface area contributed by atoms with Gasteiger partial charge in [0, 0.05) is 24.3 Å². The Bertz CT molecular complexity index is 574. The molecule has 0 spiro atoms. The molecule has 0 aromatic heterocycles. The maximum Gasteiger partial charge on any atom is 0.230 e. The Balaban J connectivity index is 2.09. The van der Waals surface area contributed by atoms with Crippen LogP contribution < -0.4 is 5.32 Å². The van der Waals surface area contributed by atoms with Crippen LogP contribution in [-0.2, 0) is 9.59 Å². The molecule has 0 saturated carbocycles. The number of rotatable bonds is 5. The SMILES string of the molecule is CC[C@H]1CSC(=S)N1C(=O)C[C@H]1NC(=O)[C@H]1[C@@H](C)[Si](C)(C)C(C)(C)C. The van der Waals surface area contributed by atoms with Gasteiger partial charge in [0.2, 0.25) is 11.8 Å². The Hall–Kier alpha value is -0.403. The molecular formula is C18H32N2O2S2Si. The lowest BCUT2D eigenvalue weighted by molar-refractivity contribution is -0.138. The molecule has 0 aromatic carbocycles. The van der Waals surface area contributed by atoms with Crippen molar-refractivity contribution < 1.29 is 9.59 Å². The summed E-state index contributed by atoms with van der Waals surface area (Å²) in [5, 5.41) is 3.20. The highest BCUT2D eigenvalue weighted by molar-refractivity contribution is 8.23. The number of thioether (sulfide) groups is 1. The average molecular weight is 401 g/mol. The molecule has 25 heavy (non-hydrogen) atoms.